The van der Waals surface area contributed by atoms with Gasteiger partial charge in [0.25, 0.3) is 11.8 Å². The summed E-state index contributed by atoms with van der Waals surface area (Å²) < 4.78 is 11.4. The number of nitrogens with two attached hydrogens (primary N) is 1. The van der Waals surface area contributed by atoms with Gasteiger partial charge < -0.3 is 19.8 Å². The standard InChI is InChI=1S/C23H26N4O4/c1-4-30-16-7-8-19-17(10-16)20(14(3)31-19)23(29)27-9-5-6-15(12-27)22-25-11-18(21(24)28)13(2)26-22/h7-8,10-11,15H,4-6,9,12H2,1-3H3,(H2,24,28)/t15-/m1/s1. The van der Waals surface area contributed by atoms with Gasteiger partial charge in [0.15, 0.2) is 0 Å². The number of ether oxygens (including phenoxy) is 1. The van der Waals surface area contributed by atoms with Crippen LogP contribution in [0, 0.1) is 13.8 Å². The van der Waals surface area contributed by atoms with Gasteiger partial charge in [0.2, 0.25) is 0 Å². The number of fused-ring (bicyclic) bond motifs is 1. The van der Waals surface area contributed by atoms with Gasteiger partial charge >= 0.3 is 0 Å². The highest BCUT2D eigenvalue weighted by Gasteiger charge is 2.30. The quantitative estimate of drug-likeness (QED) is 0.675. The first-order chi connectivity index (χ1) is 14.9. The summed E-state index contributed by atoms with van der Waals surface area (Å²) in [4.78, 5) is 35.6. The maximum absolute atomic E-state index is 13.5. The first-order valence-electron chi connectivity index (χ1n) is 10.5. The van der Waals surface area contributed by atoms with Crippen LogP contribution in [0.2, 0.25) is 0 Å². The van der Waals surface area contributed by atoms with E-state index < -0.39 is 5.91 Å². The van der Waals surface area contributed by atoms with Crippen LogP contribution in [0.4, 0.5) is 0 Å². The van der Waals surface area contributed by atoms with Crippen molar-refractivity contribution in [3.8, 4) is 5.75 Å². The lowest BCUT2D eigenvalue weighted by Gasteiger charge is -2.32. The summed E-state index contributed by atoms with van der Waals surface area (Å²) in [5, 5.41) is 0.758. The molecule has 4 rings (SSSR count). The fraction of sp³-hybridized carbons (Fsp3) is 0.391. The highest BCUT2D eigenvalue weighted by molar-refractivity contribution is 6.07. The van der Waals surface area contributed by atoms with E-state index in [-0.39, 0.29) is 11.8 Å². The summed E-state index contributed by atoms with van der Waals surface area (Å²) in [5.41, 5.74) is 7.47. The molecule has 3 aromatic rings. The number of hydrogen-bond donors (Lipinski definition) is 1. The fourth-order valence-electron chi connectivity index (χ4n) is 4.18. The number of nitrogens with zero attached hydrogens (tertiary/aromatic N) is 3. The van der Waals surface area contributed by atoms with Crippen molar-refractivity contribution in [3.05, 3.63) is 52.8 Å². The largest absolute Gasteiger partial charge is 0.494 e. The Morgan fingerprint density at radius 3 is 2.84 bits per heavy atom. The van der Waals surface area contributed by atoms with E-state index in [2.05, 4.69) is 9.97 Å². The maximum atomic E-state index is 13.5. The Morgan fingerprint density at radius 1 is 1.32 bits per heavy atom. The number of furan rings is 1. The van der Waals surface area contributed by atoms with Gasteiger partial charge in [0, 0.05) is 30.6 Å². The van der Waals surface area contributed by atoms with E-state index in [9.17, 15) is 9.59 Å². The van der Waals surface area contributed by atoms with Gasteiger partial charge in [-0.15, -0.1) is 0 Å². The molecule has 0 bridgehead atoms. The van der Waals surface area contributed by atoms with Crippen molar-refractivity contribution in [2.24, 2.45) is 5.73 Å². The van der Waals surface area contributed by atoms with Crippen LogP contribution in [-0.2, 0) is 0 Å². The molecule has 0 unspecified atom stereocenters. The van der Waals surface area contributed by atoms with Crippen molar-refractivity contribution < 1.29 is 18.7 Å². The van der Waals surface area contributed by atoms with Gasteiger partial charge in [-0.2, -0.15) is 0 Å². The van der Waals surface area contributed by atoms with E-state index in [4.69, 9.17) is 14.9 Å². The Kier molecular flexibility index (Phi) is 5.63. The first-order valence-corrected chi connectivity index (χ1v) is 10.5. The van der Waals surface area contributed by atoms with Gasteiger partial charge in [-0.1, -0.05) is 0 Å². The number of aryl methyl sites for hydroxylation is 2. The minimum atomic E-state index is -0.543. The van der Waals surface area contributed by atoms with Crippen LogP contribution in [-0.4, -0.2) is 46.4 Å². The van der Waals surface area contributed by atoms with Crippen molar-refractivity contribution in [1.82, 2.24) is 14.9 Å². The summed E-state index contributed by atoms with van der Waals surface area (Å²) in [6.07, 6.45) is 3.19. The van der Waals surface area contributed by atoms with Crippen molar-refractivity contribution in [2.45, 2.75) is 39.5 Å². The van der Waals surface area contributed by atoms with E-state index in [0.29, 0.717) is 59.4 Å². The van der Waals surface area contributed by atoms with E-state index in [1.807, 2.05) is 36.9 Å². The van der Waals surface area contributed by atoms with Gasteiger partial charge in [0.05, 0.1) is 23.4 Å². The Balaban J connectivity index is 1.61. The van der Waals surface area contributed by atoms with Crippen LogP contribution in [0.1, 0.15) is 63.7 Å². The van der Waals surface area contributed by atoms with Crippen LogP contribution in [0.15, 0.2) is 28.8 Å². The molecule has 2 aromatic heterocycles. The van der Waals surface area contributed by atoms with Crippen LogP contribution in [0.5, 0.6) is 5.75 Å². The smallest absolute Gasteiger partial charge is 0.258 e. The molecule has 0 aliphatic carbocycles. The molecule has 1 saturated heterocycles. The normalized spacial score (nSPS) is 16.5. The maximum Gasteiger partial charge on any atom is 0.258 e. The summed E-state index contributed by atoms with van der Waals surface area (Å²) in [6.45, 7) is 7.19. The molecule has 8 heteroatoms. The van der Waals surface area contributed by atoms with Crippen molar-refractivity contribution in [3.63, 3.8) is 0 Å². The van der Waals surface area contributed by atoms with Gasteiger partial charge in [-0.3, -0.25) is 9.59 Å². The highest BCUT2D eigenvalue weighted by Crippen LogP contribution is 2.32. The SMILES string of the molecule is CCOc1ccc2oc(C)c(C(=O)N3CCC[C@@H](c4ncc(C(N)=O)c(C)n4)C3)c2c1. The average Bonchev–Trinajstić information content (AvgIpc) is 3.08. The molecule has 1 aliphatic heterocycles. The molecule has 31 heavy (non-hydrogen) atoms. The molecular weight excluding hydrogens is 396 g/mol. The molecular formula is C23H26N4O4. The fourth-order valence-corrected chi connectivity index (χ4v) is 4.18. The third-order valence-corrected chi connectivity index (χ3v) is 5.70. The molecule has 8 nitrogen and oxygen atoms in total. The summed E-state index contributed by atoms with van der Waals surface area (Å²) in [6, 6.07) is 5.54. The monoisotopic (exact) mass is 422 g/mol. The van der Waals surface area contributed by atoms with E-state index in [0.717, 1.165) is 18.2 Å². The molecule has 0 spiro atoms. The third kappa shape index (κ3) is 3.97. The van der Waals surface area contributed by atoms with Gasteiger partial charge in [-0.05, 0) is 51.8 Å². The second-order valence-electron chi connectivity index (χ2n) is 7.81. The second-order valence-corrected chi connectivity index (χ2v) is 7.81. The summed E-state index contributed by atoms with van der Waals surface area (Å²) in [7, 11) is 0. The minimum Gasteiger partial charge on any atom is -0.494 e. The summed E-state index contributed by atoms with van der Waals surface area (Å²) >= 11 is 0. The van der Waals surface area contributed by atoms with E-state index in [1.165, 1.54) is 6.20 Å². The van der Waals surface area contributed by atoms with E-state index >= 15 is 0 Å². The van der Waals surface area contributed by atoms with Gasteiger partial charge in [0.1, 0.15) is 22.9 Å². The molecule has 162 valence electrons. The lowest BCUT2D eigenvalue weighted by Crippen LogP contribution is -2.39. The Labute approximate surface area is 180 Å². The highest BCUT2D eigenvalue weighted by atomic mass is 16.5. The van der Waals surface area contributed by atoms with Crippen LogP contribution in [0.25, 0.3) is 11.0 Å². The topological polar surface area (TPSA) is 112 Å². The number of benzene rings is 1. The van der Waals surface area contributed by atoms with Crippen molar-refractivity contribution in [2.75, 3.05) is 19.7 Å². The zero-order valence-corrected chi connectivity index (χ0v) is 18.0. The van der Waals surface area contributed by atoms with Gasteiger partial charge in [-0.25, -0.2) is 9.97 Å². The molecule has 2 amide bonds. The minimum absolute atomic E-state index is 0.00390. The lowest BCUT2D eigenvalue weighted by molar-refractivity contribution is 0.0704. The molecule has 0 radical (unpaired) electrons. The Morgan fingerprint density at radius 2 is 2.13 bits per heavy atom. The average molecular weight is 422 g/mol. The number of piperidine rings is 1. The van der Waals surface area contributed by atoms with Crippen LogP contribution >= 0.6 is 0 Å². The molecule has 1 aliphatic rings. The number of carbonyl (C=O) groups excluding carboxylic acids is 2. The number of carbonyl (C=O) groups is 2. The Bertz CT molecular complexity index is 1150. The van der Waals surface area contributed by atoms with Crippen molar-refractivity contribution >= 4 is 22.8 Å². The third-order valence-electron chi connectivity index (χ3n) is 5.70. The number of rotatable bonds is 5. The molecule has 2 N–H and O–H groups in total. The Hall–Kier alpha value is -3.42. The molecule has 1 fully saturated rings. The number of likely N-dealkylation sites (tertiary alicyclic amines) is 1. The van der Waals surface area contributed by atoms with Crippen molar-refractivity contribution in [1.29, 1.82) is 0 Å². The van der Waals surface area contributed by atoms with Crippen LogP contribution < -0.4 is 10.5 Å². The molecule has 0 saturated carbocycles. The zero-order valence-electron chi connectivity index (χ0n) is 18.0. The van der Waals surface area contributed by atoms with E-state index in [1.54, 1.807) is 6.92 Å². The molecule has 1 atom stereocenters. The predicted octanol–water partition coefficient (Wildman–Crippen LogP) is 3.36. The number of aromatic nitrogens is 2. The second kappa shape index (κ2) is 8.37. The number of amides is 2. The number of primary amides is 1. The molecule has 1 aromatic carbocycles. The van der Waals surface area contributed by atoms with Crippen LogP contribution in [0.3, 0.4) is 0 Å². The lowest BCUT2D eigenvalue weighted by atomic mass is 9.96. The predicted molar refractivity (Wildman–Crippen MR) is 115 cm³/mol. The molecule has 3 heterocycles. The summed E-state index contributed by atoms with van der Waals surface area (Å²) in [5.74, 6) is 1.31. The number of hydrogen-bond acceptors (Lipinski definition) is 6. The zero-order chi connectivity index (χ0) is 22.1. The first kappa shape index (κ1) is 20.8.